The minimum Gasteiger partial charge on any atom is -0.494 e. The Bertz CT molecular complexity index is 829. The summed E-state index contributed by atoms with van der Waals surface area (Å²) in [5, 5.41) is 0.624. The third-order valence-electron chi connectivity index (χ3n) is 4.94. The van der Waals surface area contributed by atoms with Crippen molar-refractivity contribution in [2.45, 2.75) is 31.7 Å². The van der Waals surface area contributed by atoms with E-state index >= 15 is 0 Å². The maximum Gasteiger partial charge on any atom is 0.317 e. The van der Waals surface area contributed by atoms with Crippen molar-refractivity contribution < 1.29 is 19.1 Å². The molecule has 0 spiro atoms. The lowest BCUT2D eigenvalue weighted by atomic mass is 9.96. The van der Waals surface area contributed by atoms with E-state index < -0.39 is 5.41 Å². The second kappa shape index (κ2) is 8.65. The summed E-state index contributed by atoms with van der Waals surface area (Å²) in [6, 6.07) is 14.8. The van der Waals surface area contributed by atoms with Crippen LogP contribution in [0.4, 0.5) is 0 Å². The number of hydrogen-bond donors (Lipinski definition) is 0. The number of hydrogen-bond acceptors (Lipinski definition) is 4. The highest BCUT2D eigenvalue weighted by Crippen LogP contribution is 2.49. The molecule has 0 N–H and O–H groups in total. The standard InChI is InChI=1S/C22H24ClNO4/c1-3-27-19-10-4-16(5-11-19)14-24(2)20(25)15-28-21(26)22(12-13-22)17-6-8-18(23)9-7-17/h4-11H,3,12-15H2,1-2H3. The minimum absolute atomic E-state index is 0.242. The van der Waals surface area contributed by atoms with Crippen molar-refractivity contribution in [1.29, 1.82) is 0 Å². The Morgan fingerprint density at radius 1 is 1.07 bits per heavy atom. The van der Waals surface area contributed by atoms with Crippen LogP contribution in [0.15, 0.2) is 48.5 Å². The molecule has 0 aromatic heterocycles. The summed E-state index contributed by atoms with van der Waals surface area (Å²) in [6.45, 7) is 2.72. The lowest BCUT2D eigenvalue weighted by Crippen LogP contribution is -2.33. The molecule has 6 heteroatoms. The van der Waals surface area contributed by atoms with Gasteiger partial charge in [0.25, 0.3) is 5.91 Å². The first-order valence-electron chi connectivity index (χ1n) is 9.33. The van der Waals surface area contributed by atoms with Gasteiger partial charge in [-0.3, -0.25) is 9.59 Å². The Labute approximate surface area is 170 Å². The number of ether oxygens (including phenoxy) is 2. The monoisotopic (exact) mass is 401 g/mol. The molecule has 148 valence electrons. The summed E-state index contributed by atoms with van der Waals surface area (Å²) in [5.41, 5.74) is 1.24. The van der Waals surface area contributed by atoms with E-state index in [0.29, 0.717) is 18.2 Å². The number of rotatable bonds is 8. The summed E-state index contributed by atoms with van der Waals surface area (Å²) in [6.07, 6.45) is 1.45. The Morgan fingerprint density at radius 3 is 2.29 bits per heavy atom. The van der Waals surface area contributed by atoms with E-state index in [1.807, 2.05) is 43.3 Å². The fourth-order valence-corrected chi connectivity index (χ4v) is 3.23. The van der Waals surface area contributed by atoms with Crippen LogP contribution in [0.2, 0.25) is 5.02 Å². The fourth-order valence-electron chi connectivity index (χ4n) is 3.10. The third-order valence-corrected chi connectivity index (χ3v) is 5.20. The maximum atomic E-state index is 12.6. The summed E-state index contributed by atoms with van der Waals surface area (Å²) in [4.78, 5) is 26.5. The van der Waals surface area contributed by atoms with Crippen molar-refractivity contribution in [2.75, 3.05) is 20.3 Å². The van der Waals surface area contributed by atoms with Gasteiger partial charge >= 0.3 is 5.97 Å². The van der Waals surface area contributed by atoms with Crippen molar-refractivity contribution in [3.8, 4) is 5.75 Å². The molecule has 0 atom stereocenters. The molecule has 1 fully saturated rings. The van der Waals surface area contributed by atoms with E-state index in [4.69, 9.17) is 21.1 Å². The van der Waals surface area contributed by atoms with Crippen LogP contribution in [0.1, 0.15) is 30.9 Å². The van der Waals surface area contributed by atoms with Gasteiger partial charge in [-0.25, -0.2) is 0 Å². The van der Waals surface area contributed by atoms with Gasteiger partial charge in [0.05, 0.1) is 12.0 Å². The van der Waals surface area contributed by atoms with E-state index in [0.717, 1.165) is 29.7 Å². The molecular formula is C22H24ClNO4. The average molecular weight is 402 g/mol. The van der Waals surface area contributed by atoms with Gasteiger partial charge in [-0.15, -0.1) is 0 Å². The van der Waals surface area contributed by atoms with Crippen LogP contribution >= 0.6 is 11.6 Å². The van der Waals surface area contributed by atoms with Gasteiger partial charge in [-0.1, -0.05) is 35.9 Å². The zero-order valence-electron chi connectivity index (χ0n) is 16.1. The lowest BCUT2D eigenvalue weighted by molar-refractivity contribution is -0.154. The molecule has 2 aromatic carbocycles. The first-order chi connectivity index (χ1) is 13.4. The molecule has 0 unspecified atom stereocenters. The molecule has 1 saturated carbocycles. The third kappa shape index (κ3) is 4.65. The van der Waals surface area contributed by atoms with Crippen LogP contribution in [0.25, 0.3) is 0 Å². The Balaban J connectivity index is 1.51. The maximum absolute atomic E-state index is 12.6. The smallest absolute Gasteiger partial charge is 0.317 e. The number of nitrogens with zero attached hydrogens (tertiary/aromatic N) is 1. The highest BCUT2D eigenvalue weighted by molar-refractivity contribution is 6.30. The van der Waals surface area contributed by atoms with Crippen molar-refractivity contribution in [2.24, 2.45) is 0 Å². The van der Waals surface area contributed by atoms with Crippen LogP contribution in [0, 0.1) is 0 Å². The van der Waals surface area contributed by atoms with Gasteiger partial charge in [0, 0.05) is 18.6 Å². The molecule has 1 aliphatic rings. The molecule has 1 aliphatic carbocycles. The van der Waals surface area contributed by atoms with Gasteiger partial charge in [0.2, 0.25) is 0 Å². The predicted octanol–water partition coefficient (Wildman–Crippen LogP) is 3.97. The van der Waals surface area contributed by atoms with Crippen LogP contribution in [-0.4, -0.2) is 37.0 Å². The largest absolute Gasteiger partial charge is 0.494 e. The molecule has 5 nitrogen and oxygen atoms in total. The normalized spacial score (nSPS) is 14.2. The molecule has 2 aromatic rings. The number of likely N-dealkylation sites (N-methyl/N-ethyl adjacent to an activating group) is 1. The van der Waals surface area contributed by atoms with Crippen LogP contribution in [0.5, 0.6) is 5.75 Å². The number of amides is 1. The van der Waals surface area contributed by atoms with Crippen molar-refractivity contribution in [3.63, 3.8) is 0 Å². The Kier molecular flexibility index (Phi) is 6.25. The summed E-state index contributed by atoms with van der Waals surface area (Å²) < 4.78 is 10.8. The second-order valence-electron chi connectivity index (χ2n) is 6.99. The molecule has 3 rings (SSSR count). The number of carbonyl (C=O) groups is 2. The van der Waals surface area contributed by atoms with E-state index in [9.17, 15) is 9.59 Å². The fraction of sp³-hybridized carbons (Fsp3) is 0.364. The van der Waals surface area contributed by atoms with Crippen LogP contribution < -0.4 is 4.74 Å². The molecular weight excluding hydrogens is 378 g/mol. The van der Waals surface area contributed by atoms with Gasteiger partial charge in [0.1, 0.15) is 5.75 Å². The number of benzene rings is 2. The summed E-state index contributed by atoms with van der Waals surface area (Å²) in [7, 11) is 1.69. The molecule has 28 heavy (non-hydrogen) atoms. The summed E-state index contributed by atoms with van der Waals surface area (Å²) >= 11 is 5.92. The van der Waals surface area contributed by atoms with Gasteiger partial charge < -0.3 is 14.4 Å². The molecule has 0 bridgehead atoms. The molecule has 0 heterocycles. The number of esters is 1. The molecule has 0 saturated heterocycles. The zero-order chi connectivity index (χ0) is 20.1. The van der Waals surface area contributed by atoms with Gasteiger partial charge in [0.15, 0.2) is 6.61 Å². The first kappa shape index (κ1) is 20.2. The van der Waals surface area contributed by atoms with Gasteiger partial charge in [-0.05, 0) is 55.2 Å². The zero-order valence-corrected chi connectivity index (χ0v) is 16.9. The molecule has 0 radical (unpaired) electrons. The van der Waals surface area contributed by atoms with Crippen LogP contribution in [-0.2, 0) is 26.3 Å². The predicted molar refractivity (Wildman–Crippen MR) is 107 cm³/mol. The lowest BCUT2D eigenvalue weighted by Gasteiger charge is -2.19. The second-order valence-corrected chi connectivity index (χ2v) is 7.43. The van der Waals surface area contributed by atoms with Crippen molar-refractivity contribution >= 4 is 23.5 Å². The molecule has 0 aliphatic heterocycles. The highest BCUT2D eigenvalue weighted by Gasteiger charge is 2.52. The van der Waals surface area contributed by atoms with E-state index in [2.05, 4.69) is 0 Å². The van der Waals surface area contributed by atoms with Crippen LogP contribution in [0.3, 0.4) is 0 Å². The SMILES string of the molecule is CCOc1ccc(CN(C)C(=O)COC(=O)C2(c3ccc(Cl)cc3)CC2)cc1. The van der Waals surface area contributed by atoms with Gasteiger partial charge in [-0.2, -0.15) is 0 Å². The summed E-state index contributed by atoms with van der Waals surface area (Å²) in [5.74, 6) is 0.206. The first-order valence-corrected chi connectivity index (χ1v) is 9.71. The number of carbonyl (C=O) groups excluding carboxylic acids is 2. The highest BCUT2D eigenvalue weighted by atomic mass is 35.5. The Morgan fingerprint density at radius 2 is 1.71 bits per heavy atom. The average Bonchev–Trinajstić information content (AvgIpc) is 3.50. The van der Waals surface area contributed by atoms with E-state index in [1.54, 1.807) is 24.1 Å². The van der Waals surface area contributed by atoms with Crippen molar-refractivity contribution in [3.05, 3.63) is 64.7 Å². The topological polar surface area (TPSA) is 55.8 Å². The Hall–Kier alpha value is -2.53. The molecule has 1 amide bonds. The van der Waals surface area contributed by atoms with E-state index in [1.165, 1.54) is 0 Å². The quantitative estimate of drug-likeness (QED) is 0.628. The van der Waals surface area contributed by atoms with E-state index in [-0.39, 0.29) is 18.5 Å². The number of halogens is 1. The van der Waals surface area contributed by atoms with Crippen molar-refractivity contribution in [1.82, 2.24) is 4.90 Å². The minimum atomic E-state index is -0.626.